The van der Waals surface area contributed by atoms with E-state index >= 15 is 0 Å². The van der Waals surface area contributed by atoms with Crippen LogP contribution < -0.4 is 0 Å². The quantitative estimate of drug-likeness (QED) is 0.125. The number of hydrogen-bond acceptors (Lipinski definition) is 11. The van der Waals surface area contributed by atoms with E-state index in [0.29, 0.717) is 0 Å². The van der Waals surface area contributed by atoms with Gasteiger partial charge in [-0.2, -0.15) is 0 Å². The highest BCUT2D eigenvalue weighted by atomic mass is 16.6. The molecule has 0 fully saturated rings. The topological polar surface area (TPSA) is 194 Å². The lowest BCUT2D eigenvalue weighted by molar-refractivity contribution is -0.270. The molecule has 0 aromatic carbocycles. The molecule has 2 aliphatic rings. The van der Waals surface area contributed by atoms with Crippen LogP contribution in [0.1, 0.15) is 26.7 Å². The minimum atomic E-state index is -2.21. The minimum Gasteiger partial charge on any atom is -0.396 e. The zero-order valence-electron chi connectivity index (χ0n) is 18.9. The maximum Gasteiger partial charge on any atom is 0.254 e. The fourth-order valence-corrected chi connectivity index (χ4v) is 3.64. The number of ether oxygens (including phenoxy) is 2. The first-order chi connectivity index (χ1) is 15.9. The lowest BCUT2D eigenvalue weighted by atomic mass is 10.0. The highest BCUT2D eigenvalue weighted by Crippen LogP contribution is 2.27. The first-order valence-electron chi connectivity index (χ1n) is 10.6. The van der Waals surface area contributed by atoms with Crippen molar-refractivity contribution in [1.82, 2.24) is 9.80 Å². The molecule has 0 bridgehead atoms. The average molecular weight is 486 g/mol. The molecule has 4 unspecified atom stereocenters. The predicted octanol–water partition coefficient (Wildman–Crippen LogP) is -2.85. The summed E-state index contributed by atoms with van der Waals surface area (Å²) in [6, 6.07) is -2.43. The molecule has 34 heavy (non-hydrogen) atoms. The fourth-order valence-electron chi connectivity index (χ4n) is 3.64. The van der Waals surface area contributed by atoms with E-state index in [4.69, 9.17) is 9.47 Å². The number of rotatable bonds is 14. The highest BCUT2D eigenvalue weighted by Gasteiger charge is 2.45. The first kappa shape index (κ1) is 27.7. The van der Waals surface area contributed by atoms with Gasteiger partial charge in [0.05, 0.1) is 25.3 Å². The normalized spacial score (nSPS) is 22.3. The molecule has 4 amide bonds. The van der Waals surface area contributed by atoms with E-state index in [0.717, 1.165) is 34.1 Å². The van der Waals surface area contributed by atoms with Crippen molar-refractivity contribution in [2.75, 3.05) is 26.4 Å². The molecule has 5 N–H and O–H groups in total. The second-order valence-electron chi connectivity index (χ2n) is 8.02. The zero-order chi connectivity index (χ0) is 25.7. The summed E-state index contributed by atoms with van der Waals surface area (Å²) in [5, 5.41) is 50.6. The van der Waals surface area contributed by atoms with Crippen molar-refractivity contribution in [1.29, 1.82) is 0 Å². The lowest BCUT2D eigenvalue weighted by Crippen LogP contribution is -2.57. The van der Waals surface area contributed by atoms with Crippen LogP contribution in [0, 0.1) is 0 Å². The highest BCUT2D eigenvalue weighted by molar-refractivity contribution is 6.13. The van der Waals surface area contributed by atoms with E-state index in [1.165, 1.54) is 13.8 Å². The number of carbonyl (C=O) groups excluding carboxylic acids is 4. The largest absolute Gasteiger partial charge is 0.396 e. The molecule has 0 aliphatic carbocycles. The summed E-state index contributed by atoms with van der Waals surface area (Å²) < 4.78 is 10.7. The third-order valence-electron chi connectivity index (χ3n) is 5.76. The van der Waals surface area contributed by atoms with E-state index in [1.54, 1.807) is 0 Å². The molecular formula is C21H30N2O11. The van der Waals surface area contributed by atoms with Crippen molar-refractivity contribution in [2.24, 2.45) is 0 Å². The Morgan fingerprint density at radius 1 is 0.735 bits per heavy atom. The second kappa shape index (κ2) is 11.3. The van der Waals surface area contributed by atoms with Gasteiger partial charge < -0.3 is 35.0 Å². The maximum atomic E-state index is 11.9. The van der Waals surface area contributed by atoms with Crippen molar-refractivity contribution < 1.29 is 54.2 Å². The van der Waals surface area contributed by atoms with Crippen molar-refractivity contribution in [2.45, 2.75) is 56.5 Å². The van der Waals surface area contributed by atoms with Gasteiger partial charge in [-0.05, 0) is 13.8 Å². The Bertz CT molecular complexity index is 756. The molecular weight excluding hydrogens is 456 g/mol. The number of amides is 4. The lowest BCUT2D eigenvalue weighted by Gasteiger charge is -2.39. The minimum absolute atomic E-state index is 0.392. The van der Waals surface area contributed by atoms with E-state index in [2.05, 4.69) is 0 Å². The molecule has 2 heterocycles. The second-order valence-corrected chi connectivity index (χ2v) is 8.02. The van der Waals surface area contributed by atoms with Gasteiger partial charge in [0.1, 0.15) is 6.10 Å². The van der Waals surface area contributed by atoms with Gasteiger partial charge in [-0.1, -0.05) is 0 Å². The third kappa shape index (κ3) is 5.93. The average Bonchev–Trinajstić information content (AvgIpc) is 3.30. The van der Waals surface area contributed by atoms with Crippen LogP contribution in [-0.2, 0) is 28.7 Å². The van der Waals surface area contributed by atoms with Crippen LogP contribution in [0.4, 0.5) is 0 Å². The Morgan fingerprint density at radius 2 is 1.03 bits per heavy atom. The van der Waals surface area contributed by atoms with Gasteiger partial charge in [0.15, 0.2) is 11.6 Å². The standard InChI is InChI=1S/C21H30N2O11/c1-13(22-16(27)3-4-17(22)28)20(31,7-9-24)33-11-15(26)12-34-21(32,8-10-25)14(2)23-18(29)5-6-19(23)30/h3-6,13-15,24-26,31-32H,7-12H2,1-2H3. The van der Waals surface area contributed by atoms with Crippen LogP contribution >= 0.6 is 0 Å². The Labute approximate surface area is 195 Å². The number of aliphatic hydroxyl groups is 5. The van der Waals surface area contributed by atoms with Gasteiger partial charge in [-0.15, -0.1) is 0 Å². The van der Waals surface area contributed by atoms with Crippen LogP contribution in [0.15, 0.2) is 24.3 Å². The molecule has 0 saturated carbocycles. The molecule has 0 spiro atoms. The first-order valence-corrected chi connectivity index (χ1v) is 10.6. The van der Waals surface area contributed by atoms with Crippen molar-refractivity contribution in [3.8, 4) is 0 Å². The Kier molecular flexibility index (Phi) is 9.19. The molecule has 0 aromatic rings. The van der Waals surface area contributed by atoms with Gasteiger partial charge in [0.2, 0.25) is 0 Å². The Balaban J connectivity index is 2.02. The Morgan fingerprint density at radius 3 is 1.29 bits per heavy atom. The Hall–Kier alpha value is -2.52. The maximum absolute atomic E-state index is 11.9. The van der Waals surface area contributed by atoms with E-state index in [9.17, 15) is 44.7 Å². The van der Waals surface area contributed by atoms with Gasteiger partial charge in [-0.3, -0.25) is 29.0 Å². The summed E-state index contributed by atoms with van der Waals surface area (Å²) in [6.45, 7) is 0.351. The predicted molar refractivity (Wildman–Crippen MR) is 112 cm³/mol. The molecule has 4 atom stereocenters. The van der Waals surface area contributed by atoms with Crippen LogP contribution in [0.5, 0.6) is 0 Å². The van der Waals surface area contributed by atoms with Crippen molar-refractivity contribution >= 4 is 23.6 Å². The summed E-state index contributed by atoms with van der Waals surface area (Å²) >= 11 is 0. The smallest absolute Gasteiger partial charge is 0.254 e. The van der Waals surface area contributed by atoms with Crippen molar-refractivity contribution in [3.05, 3.63) is 24.3 Å². The number of hydrogen-bond donors (Lipinski definition) is 5. The summed E-state index contributed by atoms with van der Waals surface area (Å²) in [4.78, 5) is 49.2. The number of imide groups is 2. The molecule has 190 valence electrons. The van der Waals surface area contributed by atoms with Gasteiger partial charge in [0, 0.05) is 50.4 Å². The monoisotopic (exact) mass is 486 g/mol. The fraction of sp³-hybridized carbons (Fsp3) is 0.619. The number of aliphatic hydroxyl groups excluding tert-OH is 3. The third-order valence-corrected chi connectivity index (χ3v) is 5.76. The summed E-state index contributed by atoms with van der Waals surface area (Å²) in [5.41, 5.74) is 0. The van der Waals surface area contributed by atoms with Crippen LogP contribution in [0.25, 0.3) is 0 Å². The van der Waals surface area contributed by atoms with E-state index in [1.807, 2.05) is 0 Å². The van der Waals surface area contributed by atoms with Crippen LogP contribution in [0.3, 0.4) is 0 Å². The molecule has 0 aromatic heterocycles. The summed E-state index contributed by atoms with van der Waals surface area (Å²) in [5.74, 6) is -7.12. The molecule has 2 aliphatic heterocycles. The van der Waals surface area contributed by atoms with Gasteiger partial charge >= 0.3 is 0 Å². The zero-order valence-corrected chi connectivity index (χ0v) is 18.9. The van der Waals surface area contributed by atoms with Gasteiger partial charge in [-0.25, -0.2) is 0 Å². The molecule has 0 radical (unpaired) electrons. The SMILES string of the molecule is CC(N1C(=O)C=CC1=O)C(O)(CCO)OCC(O)COC(O)(CCO)C(C)N1C(=O)C=CC1=O. The number of carbonyl (C=O) groups is 4. The molecule has 0 saturated heterocycles. The molecule has 2 rings (SSSR count). The van der Waals surface area contributed by atoms with E-state index in [-0.39, 0.29) is 0 Å². The van der Waals surface area contributed by atoms with Crippen LogP contribution in [0.2, 0.25) is 0 Å². The van der Waals surface area contributed by atoms with Crippen LogP contribution in [-0.4, -0.2) is 115 Å². The molecule has 13 nitrogen and oxygen atoms in total. The number of nitrogens with zero attached hydrogens (tertiary/aromatic N) is 2. The summed E-state index contributed by atoms with van der Waals surface area (Å²) in [7, 11) is 0. The molecule has 13 heteroatoms. The van der Waals surface area contributed by atoms with Crippen molar-refractivity contribution in [3.63, 3.8) is 0 Å². The van der Waals surface area contributed by atoms with Gasteiger partial charge in [0.25, 0.3) is 23.6 Å². The summed E-state index contributed by atoms with van der Waals surface area (Å²) in [6.07, 6.45) is 1.84. The van der Waals surface area contributed by atoms with E-state index < -0.39 is 92.7 Å².